The lowest BCUT2D eigenvalue weighted by molar-refractivity contribution is -0.137. The average molecular weight is 384 g/mol. The molecular weight excluding hydrogens is 356 g/mol. The van der Waals surface area contributed by atoms with E-state index in [0.29, 0.717) is 22.8 Å². The molecule has 0 radical (unpaired) electrons. The van der Waals surface area contributed by atoms with Gasteiger partial charge in [-0.3, -0.25) is 4.79 Å². The molecule has 0 bridgehead atoms. The maximum Gasteiger partial charge on any atom is 0.331 e. The summed E-state index contributed by atoms with van der Waals surface area (Å²) in [6, 6.07) is 0. The monoisotopic (exact) mass is 384 g/mol. The van der Waals surface area contributed by atoms with Crippen LogP contribution in [0.3, 0.4) is 0 Å². The van der Waals surface area contributed by atoms with Gasteiger partial charge in [0.2, 0.25) is 0 Å². The summed E-state index contributed by atoms with van der Waals surface area (Å²) < 4.78 is 10.6. The minimum atomic E-state index is -1.82. The molecule has 1 N–H and O–H groups in total. The first-order chi connectivity index (χ1) is 13.2. The number of fused-ring (bicyclic) bond motifs is 1. The molecule has 0 spiro atoms. The second-order valence-electron chi connectivity index (χ2n) is 7.17. The third-order valence-electron chi connectivity index (χ3n) is 4.75. The Bertz CT molecular complexity index is 831. The summed E-state index contributed by atoms with van der Waals surface area (Å²) in [5, 5.41) is 10.6. The quantitative estimate of drug-likeness (QED) is 0.424. The molecule has 0 saturated heterocycles. The number of rotatable bonds is 6. The third-order valence-corrected chi connectivity index (χ3v) is 4.75. The van der Waals surface area contributed by atoms with Crippen LogP contribution >= 0.6 is 0 Å². The van der Waals surface area contributed by atoms with Crippen LogP contribution in [0.5, 0.6) is 0 Å². The van der Waals surface area contributed by atoms with Crippen LogP contribution in [0.2, 0.25) is 0 Å². The number of hydrogen-bond donors (Lipinski definition) is 1. The molecule has 0 aromatic heterocycles. The van der Waals surface area contributed by atoms with E-state index in [1.807, 2.05) is 19.1 Å². The lowest BCUT2D eigenvalue weighted by atomic mass is 9.77. The van der Waals surface area contributed by atoms with Gasteiger partial charge in [-0.05, 0) is 50.5 Å². The highest BCUT2D eigenvalue weighted by Crippen LogP contribution is 2.38. The normalized spacial score (nSPS) is 24.9. The molecule has 1 aliphatic heterocycles. The summed E-state index contributed by atoms with van der Waals surface area (Å²) in [5.41, 5.74) is 0.541. The van der Waals surface area contributed by atoms with E-state index in [2.05, 4.69) is 19.9 Å². The molecule has 2 atom stereocenters. The summed E-state index contributed by atoms with van der Waals surface area (Å²) in [6.07, 6.45) is 12.7. The van der Waals surface area contributed by atoms with Gasteiger partial charge in [0.05, 0.1) is 12.9 Å². The van der Waals surface area contributed by atoms with Crippen LogP contribution in [0.4, 0.5) is 0 Å². The first-order valence-electron chi connectivity index (χ1n) is 9.52. The lowest BCUT2D eigenvalue weighted by Gasteiger charge is -2.32. The van der Waals surface area contributed by atoms with E-state index >= 15 is 0 Å². The first-order valence-corrected chi connectivity index (χ1v) is 9.52. The Morgan fingerprint density at radius 1 is 1.36 bits per heavy atom. The molecule has 1 unspecified atom stereocenters. The molecule has 5 heteroatoms. The molecule has 0 amide bonds. The predicted molar refractivity (Wildman–Crippen MR) is 108 cm³/mol. The third kappa shape index (κ3) is 4.98. The van der Waals surface area contributed by atoms with Gasteiger partial charge in [-0.25, -0.2) is 4.79 Å². The Morgan fingerprint density at radius 3 is 2.71 bits per heavy atom. The van der Waals surface area contributed by atoms with Gasteiger partial charge >= 0.3 is 5.97 Å². The fourth-order valence-corrected chi connectivity index (χ4v) is 2.92. The van der Waals surface area contributed by atoms with Crippen LogP contribution in [0.15, 0.2) is 70.8 Å². The molecular formula is C23H28O5. The molecule has 1 aliphatic carbocycles. The number of hydrogen-bond acceptors (Lipinski definition) is 5. The van der Waals surface area contributed by atoms with Gasteiger partial charge < -0.3 is 14.6 Å². The molecule has 150 valence electrons. The molecule has 0 aromatic rings. The van der Waals surface area contributed by atoms with E-state index < -0.39 is 17.4 Å². The zero-order valence-electron chi connectivity index (χ0n) is 17.1. The highest BCUT2D eigenvalue weighted by atomic mass is 16.5. The highest BCUT2D eigenvalue weighted by molar-refractivity contribution is 6.05. The van der Waals surface area contributed by atoms with Crippen molar-refractivity contribution >= 4 is 11.8 Å². The minimum absolute atomic E-state index is 0.167. The van der Waals surface area contributed by atoms with E-state index in [1.54, 1.807) is 13.0 Å². The van der Waals surface area contributed by atoms with Gasteiger partial charge in [0.1, 0.15) is 11.4 Å². The average Bonchev–Trinajstić information content (AvgIpc) is 2.64. The van der Waals surface area contributed by atoms with E-state index in [0.717, 1.165) is 18.1 Å². The van der Waals surface area contributed by atoms with Crippen LogP contribution in [-0.4, -0.2) is 29.1 Å². The summed E-state index contributed by atoms with van der Waals surface area (Å²) in [7, 11) is 0. The predicted octanol–water partition coefficient (Wildman–Crippen LogP) is 4.08. The Labute approximate surface area is 166 Å². The first kappa shape index (κ1) is 21.6. The van der Waals surface area contributed by atoms with Crippen molar-refractivity contribution in [1.29, 1.82) is 0 Å². The SMILES string of the molecule is CCOC(=O)/C=C1/C2=COC(/C=C/C(C)=C/[C@@H](C)CC)=CC2=CC(=O)C1(C)O. The molecule has 2 aliphatic rings. The van der Waals surface area contributed by atoms with Crippen molar-refractivity contribution in [3.8, 4) is 0 Å². The van der Waals surface area contributed by atoms with E-state index in [9.17, 15) is 14.7 Å². The lowest BCUT2D eigenvalue weighted by Crippen LogP contribution is -2.40. The van der Waals surface area contributed by atoms with Crippen molar-refractivity contribution in [2.24, 2.45) is 5.92 Å². The molecule has 1 heterocycles. The van der Waals surface area contributed by atoms with Crippen molar-refractivity contribution in [2.75, 3.05) is 6.61 Å². The summed E-state index contributed by atoms with van der Waals surface area (Å²) in [6.45, 7) is 9.57. The van der Waals surface area contributed by atoms with Crippen LogP contribution in [0, 0.1) is 5.92 Å². The van der Waals surface area contributed by atoms with Crippen molar-refractivity contribution in [3.05, 3.63) is 70.8 Å². The fraction of sp³-hybridized carbons (Fsp3) is 0.391. The Balaban J connectivity index is 2.33. The van der Waals surface area contributed by atoms with Gasteiger partial charge in [-0.1, -0.05) is 38.0 Å². The molecule has 5 nitrogen and oxygen atoms in total. The van der Waals surface area contributed by atoms with E-state index in [4.69, 9.17) is 9.47 Å². The number of carbonyl (C=O) groups excluding carboxylic acids is 2. The van der Waals surface area contributed by atoms with Crippen LogP contribution < -0.4 is 0 Å². The van der Waals surface area contributed by atoms with Crippen molar-refractivity contribution < 1.29 is 24.2 Å². The van der Waals surface area contributed by atoms with Crippen LogP contribution in [-0.2, 0) is 19.1 Å². The van der Waals surface area contributed by atoms with Gasteiger partial charge in [-0.15, -0.1) is 0 Å². The molecule has 2 rings (SSSR count). The number of allylic oxidation sites excluding steroid dienone is 6. The van der Waals surface area contributed by atoms with Crippen molar-refractivity contribution in [2.45, 2.75) is 46.6 Å². The fourth-order valence-electron chi connectivity index (χ4n) is 2.92. The second kappa shape index (κ2) is 9.02. The number of esters is 1. The van der Waals surface area contributed by atoms with Crippen molar-refractivity contribution in [1.82, 2.24) is 0 Å². The Morgan fingerprint density at radius 2 is 2.07 bits per heavy atom. The molecule has 0 aromatic carbocycles. The van der Waals surface area contributed by atoms with Gasteiger partial charge in [0, 0.05) is 17.2 Å². The smallest absolute Gasteiger partial charge is 0.331 e. The maximum absolute atomic E-state index is 12.4. The number of carbonyl (C=O) groups is 2. The highest BCUT2D eigenvalue weighted by Gasteiger charge is 2.41. The summed E-state index contributed by atoms with van der Waals surface area (Å²) >= 11 is 0. The zero-order chi connectivity index (χ0) is 20.9. The number of aliphatic hydroxyl groups is 1. The zero-order valence-corrected chi connectivity index (χ0v) is 17.1. The topological polar surface area (TPSA) is 72.8 Å². The van der Waals surface area contributed by atoms with Gasteiger partial charge in [0.25, 0.3) is 0 Å². The van der Waals surface area contributed by atoms with E-state index in [-0.39, 0.29) is 12.2 Å². The van der Waals surface area contributed by atoms with Crippen LogP contribution in [0.1, 0.15) is 41.0 Å². The Kier molecular flexibility index (Phi) is 6.97. The van der Waals surface area contributed by atoms with Crippen molar-refractivity contribution in [3.63, 3.8) is 0 Å². The standard InChI is InChI=1S/C23H28O5/c1-6-15(3)10-16(4)8-9-18-11-17-12-21(24)23(5,26)20(19(17)14-28-18)13-22(25)27-7-2/h8-15,26H,6-7H2,1-5H3/b9-8+,16-10+,20-13-/t15-,23?/m0/s1. The molecule has 0 fully saturated rings. The van der Waals surface area contributed by atoms with E-state index in [1.165, 1.54) is 19.3 Å². The number of ketones is 1. The number of ether oxygens (including phenoxy) is 2. The largest absolute Gasteiger partial charge is 0.464 e. The van der Waals surface area contributed by atoms with Crippen LogP contribution in [0.25, 0.3) is 0 Å². The summed E-state index contributed by atoms with van der Waals surface area (Å²) in [5.74, 6) is -0.0525. The second-order valence-corrected chi connectivity index (χ2v) is 7.17. The maximum atomic E-state index is 12.4. The molecule has 28 heavy (non-hydrogen) atoms. The Hall–Kier alpha value is -2.66. The minimum Gasteiger partial charge on any atom is -0.464 e. The summed E-state index contributed by atoms with van der Waals surface area (Å²) in [4.78, 5) is 24.3. The van der Waals surface area contributed by atoms with Gasteiger partial charge in [0.15, 0.2) is 5.78 Å². The molecule has 0 saturated carbocycles. The van der Waals surface area contributed by atoms with Gasteiger partial charge in [-0.2, -0.15) is 0 Å².